The van der Waals surface area contributed by atoms with E-state index in [0.717, 1.165) is 0 Å². The summed E-state index contributed by atoms with van der Waals surface area (Å²) in [5, 5.41) is 1.77. The second-order valence-electron chi connectivity index (χ2n) is 5.04. The molecule has 1 aliphatic heterocycles. The van der Waals surface area contributed by atoms with Crippen molar-refractivity contribution in [2.24, 2.45) is 5.73 Å². The van der Waals surface area contributed by atoms with Gasteiger partial charge in [0.25, 0.3) is 11.8 Å². The molecule has 0 radical (unpaired) electrons. The third kappa shape index (κ3) is 4.22. The molecule has 0 saturated heterocycles. The first-order valence-electron chi connectivity index (χ1n) is 7.20. The molecule has 1 aromatic rings. The number of amides is 4. The minimum Gasteiger partial charge on any atom is -0.479 e. The molecule has 128 valence electrons. The zero-order valence-corrected chi connectivity index (χ0v) is 13.0. The molecule has 0 aromatic heterocycles. The molecule has 0 fully saturated rings. The number of rotatable bonds is 5. The van der Waals surface area contributed by atoms with E-state index >= 15 is 0 Å². The fourth-order valence-corrected chi connectivity index (χ4v) is 2.18. The van der Waals surface area contributed by atoms with Crippen LogP contribution in [-0.2, 0) is 19.1 Å². The van der Waals surface area contributed by atoms with E-state index < -0.39 is 30.6 Å². The van der Waals surface area contributed by atoms with Crippen LogP contribution in [0.2, 0.25) is 0 Å². The fourth-order valence-electron chi connectivity index (χ4n) is 2.18. The van der Waals surface area contributed by atoms with Gasteiger partial charge in [-0.1, -0.05) is 12.1 Å². The van der Waals surface area contributed by atoms with E-state index in [2.05, 4.69) is 0 Å². The normalized spacial score (nSPS) is 16.0. The van der Waals surface area contributed by atoms with Crippen molar-refractivity contribution in [1.29, 1.82) is 0 Å². The number of ether oxygens (including phenoxy) is 2. The summed E-state index contributed by atoms with van der Waals surface area (Å²) in [7, 11) is 0. The Morgan fingerprint density at radius 3 is 2.75 bits per heavy atom. The van der Waals surface area contributed by atoms with Crippen LogP contribution in [0.3, 0.4) is 0 Å². The van der Waals surface area contributed by atoms with Crippen molar-refractivity contribution in [2.75, 3.05) is 18.1 Å². The monoisotopic (exact) mass is 335 g/mol. The van der Waals surface area contributed by atoms with Gasteiger partial charge in [0.1, 0.15) is 5.75 Å². The third-order valence-electron chi connectivity index (χ3n) is 3.24. The van der Waals surface area contributed by atoms with Gasteiger partial charge in [0, 0.05) is 6.54 Å². The van der Waals surface area contributed by atoms with E-state index in [4.69, 9.17) is 15.2 Å². The van der Waals surface area contributed by atoms with Gasteiger partial charge < -0.3 is 20.1 Å². The van der Waals surface area contributed by atoms with Gasteiger partial charge in [-0.25, -0.2) is 4.79 Å². The van der Waals surface area contributed by atoms with Gasteiger partial charge in [-0.05, 0) is 19.1 Å². The zero-order chi connectivity index (χ0) is 17.7. The Morgan fingerprint density at radius 1 is 1.33 bits per heavy atom. The van der Waals surface area contributed by atoms with Crippen molar-refractivity contribution in [3.05, 3.63) is 24.3 Å². The summed E-state index contributed by atoms with van der Waals surface area (Å²) >= 11 is 0. The molecule has 4 amide bonds. The van der Waals surface area contributed by atoms with Crippen LogP contribution in [0.15, 0.2) is 24.3 Å². The standard InChI is InChI=1S/C15H17N3O6/c1-9-14(21)18(10-4-2-3-5-11(10)24-9)7-6-13(20)23-8-12(19)17-15(16)22/h2-5,9H,6-8H2,1H3,(H3,16,17,19,22). The number of primary amides is 1. The fraction of sp³-hybridized carbons (Fsp3) is 0.333. The van der Waals surface area contributed by atoms with Crippen molar-refractivity contribution in [1.82, 2.24) is 5.32 Å². The lowest BCUT2D eigenvalue weighted by molar-refractivity contribution is -0.148. The summed E-state index contributed by atoms with van der Waals surface area (Å²) in [6.07, 6.45) is -0.770. The van der Waals surface area contributed by atoms with Gasteiger partial charge in [-0.3, -0.25) is 19.7 Å². The maximum absolute atomic E-state index is 12.2. The number of carbonyl (C=O) groups excluding carboxylic acids is 4. The molecule has 1 aromatic carbocycles. The number of esters is 1. The highest BCUT2D eigenvalue weighted by atomic mass is 16.5. The summed E-state index contributed by atoms with van der Waals surface area (Å²) in [6, 6.07) is 5.96. The molecule has 9 heteroatoms. The summed E-state index contributed by atoms with van der Waals surface area (Å²) in [5.41, 5.74) is 5.33. The van der Waals surface area contributed by atoms with E-state index in [0.29, 0.717) is 11.4 Å². The second-order valence-corrected chi connectivity index (χ2v) is 5.04. The number of nitrogens with one attached hydrogen (secondary N) is 1. The number of urea groups is 1. The summed E-state index contributed by atoms with van der Waals surface area (Å²) in [6.45, 7) is 1.09. The topological polar surface area (TPSA) is 128 Å². The Hall–Kier alpha value is -3.10. The van der Waals surface area contributed by atoms with Crippen molar-refractivity contribution in [3.8, 4) is 5.75 Å². The predicted octanol–water partition coefficient (Wildman–Crippen LogP) is -0.0713. The van der Waals surface area contributed by atoms with Crippen LogP contribution in [0.25, 0.3) is 0 Å². The first kappa shape index (κ1) is 17.3. The Kier molecular flexibility index (Phi) is 5.35. The zero-order valence-electron chi connectivity index (χ0n) is 13.0. The lowest BCUT2D eigenvalue weighted by Gasteiger charge is -2.32. The number of imide groups is 1. The van der Waals surface area contributed by atoms with E-state index in [1.54, 1.807) is 36.5 Å². The van der Waals surface area contributed by atoms with E-state index in [1.807, 2.05) is 0 Å². The molecule has 1 heterocycles. The van der Waals surface area contributed by atoms with Crippen molar-refractivity contribution in [2.45, 2.75) is 19.4 Å². The van der Waals surface area contributed by atoms with E-state index in [-0.39, 0.29) is 18.9 Å². The number of anilines is 1. The summed E-state index contributed by atoms with van der Waals surface area (Å²) in [5.74, 6) is -1.22. The van der Waals surface area contributed by atoms with Crippen LogP contribution >= 0.6 is 0 Å². The first-order chi connectivity index (χ1) is 11.4. The number of hydrogen-bond acceptors (Lipinski definition) is 6. The maximum Gasteiger partial charge on any atom is 0.318 e. The van der Waals surface area contributed by atoms with Gasteiger partial charge in [0.15, 0.2) is 12.7 Å². The van der Waals surface area contributed by atoms with Gasteiger partial charge in [-0.2, -0.15) is 0 Å². The first-order valence-corrected chi connectivity index (χ1v) is 7.20. The van der Waals surface area contributed by atoms with Crippen LogP contribution in [0.1, 0.15) is 13.3 Å². The Labute approximate surface area is 137 Å². The largest absolute Gasteiger partial charge is 0.479 e. The van der Waals surface area contributed by atoms with Crippen LogP contribution in [0.4, 0.5) is 10.5 Å². The SMILES string of the molecule is CC1Oc2ccccc2N(CCC(=O)OCC(=O)NC(N)=O)C1=O. The van der Waals surface area contributed by atoms with Gasteiger partial charge >= 0.3 is 12.0 Å². The number of para-hydroxylation sites is 2. The quantitative estimate of drug-likeness (QED) is 0.725. The van der Waals surface area contributed by atoms with Crippen molar-refractivity contribution < 1.29 is 28.7 Å². The third-order valence-corrected chi connectivity index (χ3v) is 3.24. The maximum atomic E-state index is 12.2. The van der Waals surface area contributed by atoms with Gasteiger partial charge in [0.2, 0.25) is 0 Å². The molecule has 0 saturated carbocycles. The summed E-state index contributed by atoms with van der Waals surface area (Å²) in [4.78, 5) is 47.0. The molecule has 1 aliphatic rings. The molecule has 1 unspecified atom stereocenters. The lowest BCUT2D eigenvalue weighted by Crippen LogP contribution is -2.45. The Balaban J connectivity index is 1.91. The molecule has 24 heavy (non-hydrogen) atoms. The van der Waals surface area contributed by atoms with Crippen molar-refractivity contribution in [3.63, 3.8) is 0 Å². The number of nitrogens with zero attached hydrogens (tertiary/aromatic N) is 1. The minimum atomic E-state index is -1.03. The molecule has 0 bridgehead atoms. The molecule has 0 spiro atoms. The molecular formula is C15H17N3O6. The number of nitrogens with two attached hydrogens (primary N) is 1. The number of benzene rings is 1. The van der Waals surface area contributed by atoms with Crippen LogP contribution in [0, 0.1) is 0 Å². The predicted molar refractivity (Wildman–Crippen MR) is 82.2 cm³/mol. The molecule has 2 rings (SSSR count). The molecule has 0 aliphatic carbocycles. The molecular weight excluding hydrogens is 318 g/mol. The Bertz CT molecular complexity index is 675. The highest BCUT2D eigenvalue weighted by molar-refractivity contribution is 6.00. The van der Waals surface area contributed by atoms with Crippen LogP contribution < -0.4 is 20.7 Å². The van der Waals surface area contributed by atoms with Gasteiger partial charge in [-0.15, -0.1) is 0 Å². The Morgan fingerprint density at radius 2 is 2.04 bits per heavy atom. The number of carbonyl (C=O) groups is 4. The van der Waals surface area contributed by atoms with Crippen LogP contribution in [-0.4, -0.2) is 43.1 Å². The minimum absolute atomic E-state index is 0.0832. The number of hydrogen-bond donors (Lipinski definition) is 2. The van der Waals surface area contributed by atoms with E-state index in [1.165, 1.54) is 4.90 Å². The molecule has 9 nitrogen and oxygen atoms in total. The summed E-state index contributed by atoms with van der Waals surface area (Å²) < 4.78 is 10.2. The highest BCUT2D eigenvalue weighted by Crippen LogP contribution is 2.33. The highest BCUT2D eigenvalue weighted by Gasteiger charge is 2.31. The average Bonchev–Trinajstić information content (AvgIpc) is 2.52. The van der Waals surface area contributed by atoms with E-state index in [9.17, 15) is 19.2 Å². The molecule has 1 atom stereocenters. The van der Waals surface area contributed by atoms with Crippen molar-refractivity contribution >= 4 is 29.5 Å². The average molecular weight is 335 g/mol. The lowest BCUT2D eigenvalue weighted by atomic mass is 10.2. The van der Waals surface area contributed by atoms with Gasteiger partial charge in [0.05, 0.1) is 12.1 Å². The smallest absolute Gasteiger partial charge is 0.318 e. The number of fused-ring (bicyclic) bond motifs is 1. The second kappa shape index (κ2) is 7.44. The molecule has 3 N–H and O–H groups in total. The van der Waals surface area contributed by atoms with Crippen LogP contribution in [0.5, 0.6) is 5.75 Å².